The van der Waals surface area contributed by atoms with Gasteiger partial charge >= 0.3 is 0 Å². The van der Waals surface area contributed by atoms with Gasteiger partial charge in [0.05, 0.1) is 30.7 Å². The second kappa shape index (κ2) is 11.0. The normalized spacial score (nSPS) is 15.1. The molecule has 4 rings (SSSR count). The Morgan fingerprint density at radius 2 is 1.85 bits per heavy atom. The van der Waals surface area contributed by atoms with Crippen molar-refractivity contribution in [2.45, 2.75) is 19.3 Å². The van der Waals surface area contributed by atoms with Crippen molar-refractivity contribution in [3.05, 3.63) is 71.4 Å². The van der Waals surface area contributed by atoms with Crippen LogP contribution in [0, 0.1) is 11.3 Å². The summed E-state index contributed by atoms with van der Waals surface area (Å²) in [6.07, 6.45) is 2.58. The van der Waals surface area contributed by atoms with Gasteiger partial charge in [0.15, 0.2) is 0 Å². The maximum Gasteiger partial charge on any atom is 0.227 e. The number of nitrogens with two attached hydrogens (primary N) is 1. The molecule has 1 fully saturated rings. The van der Waals surface area contributed by atoms with E-state index < -0.39 is 0 Å². The number of hydrogen-bond donors (Lipinski definition) is 2. The van der Waals surface area contributed by atoms with Crippen molar-refractivity contribution in [2.24, 2.45) is 5.73 Å². The molecule has 0 radical (unpaired) electrons. The minimum atomic E-state index is 0.286. The van der Waals surface area contributed by atoms with Crippen LogP contribution in [0.25, 0.3) is 11.3 Å². The monoisotopic (exact) mass is 442 g/mol. The molecule has 0 saturated carbocycles. The Hall–Kier alpha value is -3.31. The first-order valence-corrected chi connectivity index (χ1v) is 11.4. The molecule has 1 atom stereocenters. The molecule has 170 valence electrons. The largest absolute Gasteiger partial charge is 0.379 e. The maximum atomic E-state index is 9.54. The molecule has 3 aromatic rings. The molecule has 1 aliphatic heterocycles. The molecular weight excluding hydrogens is 412 g/mol. The first-order chi connectivity index (χ1) is 16.2. The van der Waals surface area contributed by atoms with Crippen molar-refractivity contribution < 1.29 is 4.74 Å². The average molecular weight is 443 g/mol. The van der Waals surface area contributed by atoms with Gasteiger partial charge in [0.2, 0.25) is 5.95 Å². The third-order valence-corrected chi connectivity index (χ3v) is 6.05. The summed E-state index contributed by atoms with van der Waals surface area (Å²) in [5, 5.41) is 12.8. The predicted octanol–water partition coefficient (Wildman–Crippen LogP) is 3.70. The van der Waals surface area contributed by atoms with Crippen LogP contribution in [-0.4, -0.2) is 54.3 Å². The molecule has 0 bridgehead atoms. The molecule has 33 heavy (non-hydrogen) atoms. The Morgan fingerprint density at radius 1 is 1.12 bits per heavy atom. The van der Waals surface area contributed by atoms with E-state index in [-0.39, 0.29) is 5.92 Å². The van der Waals surface area contributed by atoms with E-state index >= 15 is 0 Å². The van der Waals surface area contributed by atoms with E-state index in [1.165, 1.54) is 11.1 Å². The van der Waals surface area contributed by atoms with Gasteiger partial charge in [-0.25, -0.2) is 9.97 Å². The zero-order chi connectivity index (χ0) is 23.0. The fourth-order valence-electron chi connectivity index (χ4n) is 3.85. The topological polar surface area (TPSA) is 100 Å². The van der Waals surface area contributed by atoms with Gasteiger partial charge in [0, 0.05) is 30.9 Å². The smallest absolute Gasteiger partial charge is 0.227 e. The summed E-state index contributed by atoms with van der Waals surface area (Å²) in [5.74, 6) is 0.749. The molecule has 7 nitrogen and oxygen atoms in total. The van der Waals surface area contributed by atoms with E-state index in [4.69, 9.17) is 10.5 Å². The van der Waals surface area contributed by atoms with Gasteiger partial charge in [0.25, 0.3) is 0 Å². The van der Waals surface area contributed by atoms with E-state index in [9.17, 15) is 5.26 Å². The van der Waals surface area contributed by atoms with Crippen LogP contribution in [0.4, 0.5) is 11.6 Å². The van der Waals surface area contributed by atoms with Gasteiger partial charge in [0.1, 0.15) is 6.07 Å². The molecule has 0 spiro atoms. The third kappa shape index (κ3) is 5.93. The highest BCUT2D eigenvalue weighted by atomic mass is 16.5. The lowest BCUT2D eigenvalue weighted by Crippen LogP contribution is -2.37. The highest BCUT2D eigenvalue weighted by Gasteiger charge is 2.12. The highest BCUT2D eigenvalue weighted by molar-refractivity contribution is 5.68. The molecule has 0 amide bonds. The lowest BCUT2D eigenvalue weighted by molar-refractivity contribution is 0.0384. The molecular formula is C26H30N6O. The van der Waals surface area contributed by atoms with Crippen LogP contribution in [0.3, 0.4) is 0 Å². The molecule has 2 heterocycles. The lowest BCUT2D eigenvalue weighted by atomic mass is 9.98. The zero-order valence-electron chi connectivity index (χ0n) is 19.0. The van der Waals surface area contributed by atoms with Gasteiger partial charge in [-0.3, -0.25) is 4.90 Å². The van der Waals surface area contributed by atoms with Gasteiger partial charge < -0.3 is 15.8 Å². The number of hydrogen-bond acceptors (Lipinski definition) is 7. The van der Waals surface area contributed by atoms with Crippen molar-refractivity contribution >= 4 is 11.6 Å². The van der Waals surface area contributed by atoms with Crippen LogP contribution in [0.15, 0.2) is 54.7 Å². The second-order valence-electron chi connectivity index (χ2n) is 8.35. The molecule has 0 aliphatic carbocycles. The fourth-order valence-corrected chi connectivity index (χ4v) is 3.85. The van der Waals surface area contributed by atoms with Gasteiger partial charge in [-0.15, -0.1) is 0 Å². The van der Waals surface area contributed by atoms with E-state index in [0.717, 1.165) is 50.5 Å². The van der Waals surface area contributed by atoms with Crippen molar-refractivity contribution in [2.75, 3.05) is 44.7 Å². The molecule has 1 aromatic heterocycles. The average Bonchev–Trinajstić information content (AvgIpc) is 2.88. The van der Waals surface area contributed by atoms with Crippen LogP contribution in [-0.2, 0) is 11.2 Å². The lowest BCUT2D eigenvalue weighted by Gasteiger charge is -2.26. The Morgan fingerprint density at radius 3 is 2.52 bits per heavy atom. The second-order valence-corrected chi connectivity index (χ2v) is 8.35. The summed E-state index contributed by atoms with van der Waals surface area (Å²) in [6.45, 7) is 7.39. The molecule has 1 unspecified atom stereocenters. The van der Waals surface area contributed by atoms with E-state index in [1.807, 2.05) is 36.4 Å². The van der Waals surface area contributed by atoms with Gasteiger partial charge in [-0.1, -0.05) is 43.3 Å². The number of nitrogens with zero attached hydrogens (tertiary/aromatic N) is 4. The number of rotatable bonds is 8. The quantitative estimate of drug-likeness (QED) is 0.549. The summed E-state index contributed by atoms with van der Waals surface area (Å²) in [5.41, 5.74) is 11.1. The van der Waals surface area contributed by atoms with Crippen LogP contribution in [0.5, 0.6) is 0 Å². The van der Waals surface area contributed by atoms with Crippen molar-refractivity contribution in [3.63, 3.8) is 0 Å². The predicted molar refractivity (Wildman–Crippen MR) is 130 cm³/mol. The number of morpholine rings is 1. The van der Waals surface area contributed by atoms with E-state index in [1.54, 1.807) is 6.20 Å². The Balaban J connectivity index is 1.44. The first-order valence-electron chi connectivity index (χ1n) is 11.4. The summed E-state index contributed by atoms with van der Waals surface area (Å²) >= 11 is 0. The van der Waals surface area contributed by atoms with Gasteiger partial charge in [-0.05, 0) is 42.1 Å². The molecule has 2 aromatic carbocycles. The van der Waals surface area contributed by atoms with Crippen molar-refractivity contribution in [1.82, 2.24) is 14.9 Å². The highest BCUT2D eigenvalue weighted by Crippen LogP contribution is 2.25. The van der Waals surface area contributed by atoms with E-state index in [0.29, 0.717) is 23.8 Å². The van der Waals surface area contributed by atoms with Crippen molar-refractivity contribution in [3.8, 4) is 17.3 Å². The van der Waals surface area contributed by atoms with Gasteiger partial charge in [-0.2, -0.15) is 5.26 Å². The summed E-state index contributed by atoms with van der Waals surface area (Å²) in [4.78, 5) is 11.4. The molecule has 7 heteroatoms. The summed E-state index contributed by atoms with van der Waals surface area (Å²) in [7, 11) is 0. The molecule has 1 aliphatic rings. The maximum absolute atomic E-state index is 9.54. The standard InChI is InChI=1S/C26H30N6O/c1-19(16-27)21-4-6-22(7-5-21)25-23(17-28)18-29-26(31-25)30-24-8-2-20(3-9-24)10-11-32-12-14-33-15-13-32/h2-9,18-19H,10-16,27H2,1H3,(H,29,30,31). The van der Waals surface area contributed by atoms with Crippen LogP contribution in [0.1, 0.15) is 29.5 Å². The SMILES string of the molecule is CC(CN)c1ccc(-c2nc(Nc3ccc(CCN4CCOCC4)cc3)ncc2C#N)cc1. The first kappa shape index (κ1) is 22.9. The van der Waals surface area contributed by atoms with Crippen molar-refractivity contribution in [1.29, 1.82) is 5.26 Å². The van der Waals surface area contributed by atoms with E-state index in [2.05, 4.69) is 45.3 Å². The zero-order valence-corrected chi connectivity index (χ0v) is 19.0. The summed E-state index contributed by atoms with van der Waals surface area (Å²) < 4.78 is 5.41. The minimum absolute atomic E-state index is 0.286. The van der Waals surface area contributed by atoms with Crippen LogP contribution < -0.4 is 11.1 Å². The molecule has 1 saturated heterocycles. The minimum Gasteiger partial charge on any atom is -0.379 e. The Labute approximate surface area is 195 Å². The third-order valence-electron chi connectivity index (χ3n) is 6.05. The Bertz CT molecular complexity index is 1090. The number of anilines is 2. The summed E-state index contributed by atoms with van der Waals surface area (Å²) in [6, 6.07) is 18.6. The van der Waals surface area contributed by atoms with Crippen LogP contribution in [0.2, 0.25) is 0 Å². The number of nitriles is 1. The number of ether oxygens (including phenoxy) is 1. The number of nitrogens with one attached hydrogen (secondary N) is 1. The fraction of sp³-hybridized carbons (Fsp3) is 0.346. The Kier molecular flexibility index (Phi) is 7.63. The number of aromatic nitrogens is 2. The number of benzene rings is 2. The molecule has 3 N–H and O–H groups in total. The van der Waals surface area contributed by atoms with Crippen LogP contribution >= 0.6 is 0 Å².